The van der Waals surface area contributed by atoms with Gasteiger partial charge in [0.2, 0.25) is 0 Å². The van der Waals surface area contributed by atoms with Crippen molar-refractivity contribution in [2.45, 2.75) is 32.5 Å². The Morgan fingerprint density at radius 2 is 1.77 bits per heavy atom. The maximum absolute atomic E-state index is 12.5. The van der Waals surface area contributed by atoms with Crippen molar-refractivity contribution >= 4 is 24.0 Å². The van der Waals surface area contributed by atoms with Gasteiger partial charge in [-0.05, 0) is 28.8 Å². The standard InChI is InChI=1S/C22H23N5O3/c1-2-19(23-22(29)30-16-18-11-7-4-8-12-18)20(28)15-27-25-21(24-26-27)14-13-17-9-5-3-6-10-17/h3-14,19H,2,15-16H2,1H3,(H,23,29)/b14-13+. The number of ketones is 1. The highest BCUT2D eigenvalue weighted by molar-refractivity contribution is 5.87. The number of rotatable bonds is 9. The van der Waals surface area contributed by atoms with Crippen molar-refractivity contribution in [3.8, 4) is 0 Å². The van der Waals surface area contributed by atoms with Gasteiger partial charge in [-0.25, -0.2) is 4.79 Å². The number of hydrogen-bond donors (Lipinski definition) is 1. The van der Waals surface area contributed by atoms with Crippen molar-refractivity contribution in [1.29, 1.82) is 0 Å². The number of carbonyl (C=O) groups excluding carboxylic acids is 2. The maximum atomic E-state index is 12.5. The van der Waals surface area contributed by atoms with Crippen LogP contribution in [-0.4, -0.2) is 38.1 Å². The number of Topliss-reactive ketones (excluding diaryl/α,β-unsaturated/α-hetero) is 1. The molecule has 0 aliphatic carbocycles. The molecule has 3 rings (SSSR count). The fraction of sp³-hybridized carbons (Fsp3) is 0.227. The molecule has 0 aliphatic rings. The van der Waals surface area contributed by atoms with Gasteiger partial charge in [-0.3, -0.25) is 4.79 Å². The van der Waals surface area contributed by atoms with Gasteiger partial charge in [0.15, 0.2) is 11.6 Å². The summed E-state index contributed by atoms with van der Waals surface area (Å²) in [4.78, 5) is 25.8. The first-order valence-corrected chi connectivity index (χ1v) is 9.65. The lowest BCUT2D eigenvalue weighted by molar-refractivity contribution is -0.122. The lowest BCUT2D eigenvalue weighted by Crippen LogP contribution is -2.42. The third-order valence-electron chi connectivity index (χ3n) is 4.29. The van der Waals surface area contributed by atoms with Crippen LogP contribution in [0.25, 0.3) is 12.2 Å². The topological polar surface area (TPSA) is 99.0 Å². The molecule has 8 heteroatoms. The summed E-state index contributed by atoms with van der Waals surface area (Å²) in [6, 6.07) is 18.4. The summed E-state index contributed by atoms with van der Waals surface area (Å²) < 4.78 is 5.18. The van der Waals surface area contributed by atoms with Gasteiger partial charge in [0.05, 0.1) is 6.04 Å². The number of nitrogens with zero attached hydrogens (tertiary/aromatic N) is 4. The Balaban J connectivity index is 1.50. The van der Waals surface area contributed by atoms with E-state index in [1.807, 2.05) is 73.7 Å². The van der Waals surface area contributed by atoms with Gasteiger partial charge >= 0.3 is 6.09 Å². The van der Waals surface area contributed by atoms with E-state index in [-0.39, 0.29) is 18.9 Å². The highest BCUT2D eigenvalue weighted by Crippen LogP contribution is 2.05. The molecule has 1 atom stereocenters. The van der Waals surface area contributed by atoms with Crippen molar-refractivity contribution in [2.24, 2.45) is 0 Å². The summed E-state index contributed by atoms with van der Waals surface area (Å²) in [5.74, 6) is 0.167. The minimum Gasteiger partial charge on any atom is -0.445 e. The number of amides is 1. The number of ether oxygens (including phenoxy) is 1. The van der Waals surface area contributed by atoms with Crippen LogP contribution < -0.4 is 5.32 Å². The molecular weight excluding hydrogens is 382 g/mol. The van der Waals surface area contributed by atoms with Crippen LogP contribution in [-0.2, 0) is 22.7 Å². The smallest absolute Gasteiger partial charge is 0.408 e. The molecule has 154 valence electrons. The van der Waals surface area contributed by atoms with Crippen LogP contribution in [0.15, 0.2) is 60.7 Å². The highest BCUT2D eigenvalue weighted by Gasteiger charge is 2.21. The summed E-state index contributed by atoms with van der Waals surface area (Å²) in [6.45, 7) is 1.85. The second kappa shape index (κ2) is 10.7. The Morgan fingerprint density at radius 3 is 2.47 bits per heavy atom. The Bertz CT molecular complexity index is 986. The van der Waals surface area contributed by atoms with Crippen LogP contribution in [0.5, 0.6) is 0 Å². The van der Waals surface area contributed by atoms with E-state index in [2.05, 4.69) is 20.7 Å². The molecule has 0 aliphatic heterocycles. The van der Waals surface area contributed by atoms with Crippen LogP contribution in [0.2, 0.25) is 0 Å². The molecule has 0 saturated carbocycles. The van der Waals surface area contributed by atoms with E-state index in [9.17, 15) is 9.59 Å². The molecule has 0 fully saturated rings. The van der Waals surface area contributed by atoms with Gasteiger partial charge in [-0.2, -0.15) is 4.80 Å². The van der Waals surface area contributed by atoms with Gasteiger partial charge in [0.1, 0.15) is 13.2 Å². The molecule has 0 saturated heterocycles. The van der Waals surface area contributed by atoms with Crippen molar-refractivity contribution in [3.63, 3.8) is 0 Å². The molecule has 1 heterocycles. The van der Waals surface area contributed by atoms with E-state index in [1.54, 1.807) is 6.08 Å². The first-order chi connectivity index (χ1) is 14.6. The number of benzene rings is 2. The largest absolute Gasteiger partial charge is 0.445 e. The predicted molar refractivity (Wildman–Crippen MR) is 112 cm³/mol. The van der Waals surface area contributed by atoms with Crippen molar-refractivity contribution < 1.29 is 14.3 Å². The molecular formula is C22H23N5O3. The molecule has 2 aromatic carbocycles. The minimum atomic E-state index is -0.692. The molecule has 3 aromatic rings. The molecule has 30 heavy (non-hydrogen) atoms. The summed E-state index contributed by atoms with van der Waals surface area (Å²) >= 11 is 0. The lowest BCUT2D eigenvalue weighted by Gasteiger charge is -2.15. The fourth-order valence-corrected chi connectivity index (χ4v) is 2.69. The summed E-state index contributed by atoms with van der Waals surface area (Å²) in [7, 11) is 0. The van der Waals surface area contributed by atoms with Crippen LogP contribution >= 0.6 is 0 Å². The summed E-state index contributed by atoms with van der Waals surface area (Å²) in [5.41, 5.74) is 1.88. The molecule has 8 nitrogen and oxygen atoms in total. The average Bonchev–Trinajstić information content (AvgIpc) is 3.23. The van der Waals surface area contributed by atoms with E-state index >= 15 is 0 Å². The number of carbonyl (C=O) groups is 2. The van der Waals surface area contributed by atoms with Gasteiger partial charge < -0.3 is 10.1 Å². The Morgan fingerprint density at radius 1 is 1.07 bits per heavy atom. The first kappa shape index (κ1) is 20.9. The molecule has 1 unspecified atom stereocenters. The first-order valence-electron chi connectivity index (χ1n) is 9.65. The second-order valence-corrected chi connectivity index (χ2v) is 6.56. The number of hydrogen-bond acceptors (Lipinski definition) is 6. The molecule has 1 amide bonds. The molecule has 0 spiro atoms. The quantitative estimate of drug-likeness (QED) is 0.587. The van der Waals surface area contributed by atoms with Crippen molar-refractivity contribution in [3.05, 3.63) is 77.6 Å². The number of tetrazole rings is 1. The van der Waals surface area contributed by atoms with E-state index in [4.69, 9.17) is 4.74 Å². The zero-order valence-electron chi connectivity index (χ0n) is 16.6. The van der Waals surface area contributed by atoms with Gasteiger partial charge in [-0.15, -0.1) is 10.2 Å². The van der Waals surface area contributed by atoms with Crippen LogP contribution in [0, 0.1) is 0 Å². The second-order valence-electron chi connectivity index (χ2n) is 6.56. The molecule has 0 bridgehead atoms. The number of aromatic nitrogens is 4. The van der Waals surface area contributed by atoms with Gasteiger partial charge in [-0.1, -0.05) is 73.7 Å². The van der Waals surface area contributed by atoms with E-state index in [0.717, 1.165) is 11.1 Å². The Labute approximate surface area is 174 Å². The van der Waals surface area contributed by atoms with E-state index in [0.29, 0.717) is 12.2 Å². The molecule has 1 N–H and O–H groups in total. The lowest BCUT2D eigenvalue weighted by atomic mass is 10.1. The monoisotopic (exact) mass is 405 g/mol. The minimum absolute atomic E-state index is 0.0936. The summed E-state index contributed by atoms with van der Waals surface area (Å²) in [5, 5.41) is 14.6. The fourth-order valence-electron chi connectivity index (χ4n) is 2.69. The highest BCUT2D eigenvalue weighted by atomic mass is 16.5. The normalized spacial score (nSPS) is 11.9. The van der Waals surface area contributed by atoms with Crippen LogP contribution in [0.4, 0.5) is 4.79 Å². The van der Waals surface area contributed by atoms with Crippen LogP contribution in [0.1, 0.15) is 30.3 Å². The van der Waals surface area contributed by atoms with Crippen molar-refractivity contribution in [2.75, 3.05) is 0 Å². The van der Waals surface area contributed by atoms with E-state index in [1.165, 1.54) is 4.80 Å². The zero-order chi connectivity index (χ0) is 21.2. The van der Waals surface area contributed by atoms with Crippen molar-refractivity contribution in [1.82, 2.24) is 25.5 Å². The van der Waals surface area contributed by atoms with Gasteiger partial charge in [0.25, 0.3) is 0 Å². The number of nitrogens with one attached hydrogen (secondary N) is 1. The molecule has 1 aromatic heterocycles. The Kier molecular flexibility index (Phi) is 7.43. The van der Waals surface area contributed by atoms with E-state index < -0.39 is 12.1 Å². The third-order valence-corrected chi connectivity index (χ3v) is 4.29. The number of alkyl carbamates (subject to hydrolysis) is 1. The Hall–Kier alpha value is -3.81. The maximum Gasteiger partial charge on any atom is 0.408 e. The summed E-state index contributed by atoms with van der Waals surface area (Å²) in [6.07, 6.45) is 3.37. The van der Waals surface area contributed by atoms with Gasteiger partial charge in [0, 0.05) is 0 Å². The average molecular weight is 405 g/mol. The molecule has 0 radical (unpaired) electrons. The predicted octanol–water partition coefficient (Wildman–Crippen LogP) is 3.12. The zero-order valence-corrected chi connectivity index (χ0v) is 16.6. The third kappa shape index (κ3) is 6.37. The van der Waals surface area contributed by atoms with Crippen LogP contribution in [0.3, 0.4) is 0 Å². The SMILES string of the molecule is CCC(NC(=O)OCc1ccccc1)C(=O)Cn1nnc(/C=C/c2ccccc2)n1.